The summed E-state index contributed by atoms with van der Waals surface area (Å²) in [5.74, 6) is 1.46. The fourth-order valence-corrected chi connectivity index (χ4v) is 2.86. The van der Waals surface area contributed by atoms with E-state index in [4.69, 9.17) is 4.52 Å². The van der Waals surface area contributed by atoms with Crippen LogP contribution in [-0.4, -0.2) is 37.0 Å². The molecule has 3 rings (SSSR count). The molecular formula is C15H21N5O2. The van der Waals surface area contributed by atoms with Gasteiger partial charge in [0.15, 0.2) is 5.82 Å². The Morgan fingerprint density at radius 3 is 3.14 bits per heavy atom. The molecule has 1 aliphatic rings. The highest BCUT2D eigenvalue weighted by Gasteiger charge is 2.32. The van der Waals surface area contributed by atoms with Gasteiger partial charge in [0.1, 0.15) is 0 Å². The fraction of sp³-hybridized carbons (Fsp3) is 0.600. The van der Waals surface area contributed by atoms with Gasteiger partial charge >= 0.3 is 0 Å². The van der Waals surface area contributed by atoms with Crippen molar-refractivity contribution in [2.45, 2.75) is 51.6 Å². The molecule has 0 bridgehead atoms. The van der Waals surface area contributed by atoms with Crippen LogP contribution < -0.4 is 0 Å². The van der Waals surface area contributed by atoms with E-state index >= 15 is 0 Å². The van der Waals surface area contributed by atoms with Gasteiger partial charge in [-0.15, -0.1) is 0 Å². The number of hydrogen-bond donors (Lipinski definition) is 0. The molecule has 1 saturated heterocycles. The Morgan fingerprint density at radius 2 is 2.41 bits per heavy atom. The molecule has 0 saturated carbocycles. The summed E-state index contributed by atoms with van der Waals surface area (Å²) in [4.78, 5) is 22.7. The van der Waals surface area contributed by atoms with Gasteiger partial charge in [0.25, 0.3) is 0 Å². The van der Waals surface area contributed by atoms with Gasteiger partial charge in [-0.2, -0.15) is 4.98 Å². The molecule has 2 aromatic rings. The van der Waals surface area contributed by atoms with E-state index in [0.29, 0.717) is 18.1 Å². The second kappa shape index (κ2) is 6.72. The van der Waals surface area contributed by atoms with Crippen molar-refractivity contribution in [3.05, 3.63) is 30.4 Å². The van der Waals surface area contributed by atoms with Gasteiger partial charge in [-0.25, -0.2) is 4.98 Å². The summed E-state index contributed by atoms with van der Waals surface area (Å²) in [5, 5.41) is 4.03. The average molecular weight is 303 g/mol. The second-order valence-electron chi connectivity index (χ2n) is 5.55. The third-order valence-electron chi connectivity index (χ3n) is 4.02. The predicted octanol–water partition coefficient (Wildman–Crippen LogP) is 1.97. The summed E-state index contributed by atoms with van der Waals surface area (Å²) in [7, 11) is 0. The van der Waals surface area contributed by atoms with Crippen LogP contribution in [0, 0.1) is 0 Å². The Kier molecular flexibility index (Phi) is 4.50. The number of rotatable bonds is 6. The molecule has 0 N–H and O–H groups in total. The third kappa shape index (κ3) is 3.18. The van der Waals surface area contributed by atoms with Crippen molar-refractivity contribution in [2.24, 2.45) is 0 Å². The van der Waals surface area contributed by atoms with E-state index in [1.807, 2.05) is 22.6 Å². The minimum atomic E-state index is -0.0233. The lowest BCUT2D eigenvalue weighted by Gasteiger charge is -2.22. The van der Waals surface area contributed by atoms with Gasteiger partial charge in [0.2, 0.25) is 11.8 Å². The van der Waals surface area contributed by atoms with Crippen molar-refractivity contribution in [1.29, 1.82) is 0 Å². The normalized spacial score (nSPS) is 18.0. The van der Waals surface area contributed by atoms with Crippen LogP contribution in [-0.2, 0) is 17.8 Å². The first-order chi connectivity index (χ1) is 10.8. The number of imidazole rings is 1. The lowest BCUT2D eigenvalue weighted by atomic mass is 10.2. The van der Waals surface area contributed by atoms with Gasteiger partial charge in [-0.3, -0.25) is 4.79 Å². The van der Waals surface area contributed by atoms with Crippen molar-refractivity contribution in [3.8, 4) is 0 Å². The molecule has 1 aliphatic heterocycles. The number of aryl methyl sites for hydroxylation is 2. The first-order valence-electron chi connectivity index (χ1n) is 7.85. The molecule has 0 spiro atoms. The molecule has 0 radical (unpaired) electrons. The van der Waals surface area contributed by atoms with Crippen LogP contribution in [0.15, 0.2) is 23.2 Å². The fourth-order valence-electron chi connectivity index (χ4n) is 2.86. The summed E-state index contributed by atoms with van der Waals surface area (Å²) >= 11 is 0. The number of carbonyl (C=O) groups is 1. The first-order valence-corrected chi connectivity index (χ1v) is 7.85. The van der Waals surface area contributed by atoms with E-state index < -0.39 is 0 Å². The first kappa shape index (κ1) is 14.7. The third-order valence-corrected chi connectivity index (χ3v) is 4.02. The maximum absolute atomic E-state index is 12.4. The molecular weight excluding hydrogens is 282 g/mol. The molecule has 7 nitrogen and oxygen atoms in total. The van der Waals surface area contributed by atoms with E-state index in [1.54, 1.807) is 12.5 Å². The number of amides is 1. The number of nitrogens with zero attached hydrogens (tertiary/aromatic N) is 5. The van der Waals surface area contributed by atoms with Gasteiger partial charge in [-0.05, 0) is 19.3 Å². The van der Waals surface area contributed by atoms with Gasteiger partial charge in [0, 0.05) is 38.3 Å². The number of hydrogen-bond acceptors (Lipinski definition) is 5. The van der Waals surface area contributed by atoms with Crippen LogP contribution in [0.3, 0.4) is 0 Å². The molecule has 22 heavy (non-hydrogen) atoms. The van der Waals surface area contributed by atoms with Crippen LogP contribution in [0.5, 0.6) is 0 Å². The standard InChI is InChI=1S/C15H21N5O2/c1-2-13-17-15(18-22-13)12-5-3-9-20(12)14(21)6-4-8-19-10-7-16-11-19/h7,10-12H,2-6,8-9H2,1H3/t12-/m1/s1. The van der Waals surface area contributed by atoms with Crippen molar-refractivity contribution >= 4 is 5.91 Å². The van der Waals surface area contributed by atoms with Crippen LogP contribution in [0.25, 0.3) is 0 Å². The SMILES string of the molecule is CCc1nc([C@H]2CCCN2C(=O)CCCn2ccnc2)no1. The largest absolute Gasteiger partial charge is 0.339 e. The highest BCUT2D eigenvalue weighted by Crippen LogP contribution is 2.30. The van der Waals surface area contributed by atoms with Crippen molar-refractivity contribution in [3.63, 3.8) is 0 Å². The molecule has 2 aromatic heterocycles. The Hall–Kier alpha value is -2.18. The number of carbonyl (C=O) groups excluding carboxylic acids is 1. The zero-order valence-electron chi connectivity index (χ0n) is 12.8. The Balaban J connectivity index is 1.56. The zero-order chi connectivity index (χ0) is 15.4. The van der Waals surface area contributed by atoms with Gasteiger partial charge < -0.3 is 14.0 Å². The van der Waals surface area contributed by atoms with Gasteiger partial charge in [0.05, 0.1) is 12.4 Å². The lowest BCUT2D eigenvalue weighted by Crippen LogP contribution is -2.31. The van der Waals surface area contributed by atoms with Crippen molar-refractivity contribution in [2.75, 3.05) is 6.54 Å². The molecule has 0 aliphatic carbocycles. The molecule has 0 aromatic carbocycles. The smallest absolute Gasteiger partial charge is 0.226 e. The Labute approximate surface area is 129 Å². The maximum atomic E-state index is 12.4. The summed E-state index contributed by atoms with van der Waals surface area (Å²) in [5.41, 5.74) is 0. The number of aromatic nitrogens is 4. The summed E-state index contributed by atoms with van der Waals surface area (Å²) in [6.07, 6.45) is 9.41. The van der Waals surface area contributed by atoms with E-state index in [0.717, 1.165) is 38.8 Å². The number of likely N-dealkylation sites (tertiary alicyclic amines) is 1. The van der Waals surface area contributed by atoms with Crippen molar-refractivity contribution < 1.29 is 9.32 Å². The summed E-state index contributed by atoms with van der Waals surface area (Å²) in [6, 6.07) is -0.0233. The summed E-state index contributed by atoms with van der Waals surface area (Å²) in [6.45, 7) is 3.57. The molecule has 1 fully saturated rings. The topological polar surface area (TPSA) is 77.1 Å². The quantitative estimate of drug-likeness (QED) is 0.815. The highest BCUT2D eigenvalue weighted by atomic mass is 16.5. The van der Waals surface area contributed by atoms with Crippen LogP contribution in [0.4, 0.5) is 0 Å². The molecule has 1 amide bonds. The van der Waals surface area contributed by atoms with E-state index in [9.17, 15) is 4.79 Å². The molecule has 0 unspecified atom stereocenters. The minimum Gasteiger partial charge on any atom is -0.339 e. The van der Waals surface area contributed by atoms with E-state index in [2.05, 4.69) is 15.1 Å². The molecule has 1 atom stereocenters. The van der Waals surface area contributed by atoms with Crippen LogP contribution in [0.2, 0.25) is 0 Å². The van der Waals surface area contributed by atoms with E-state index in [-0.39, 0.29) is 11.9 Å². The van der Waals surface area contributed by atoms with E-state index in [1.165, 1.54) is 0 Å². The minimum absolute atomic E-state index is 0.0233. The Morgan fingerprint density at radius 1 is 1.50 bits per heavy atom. The lowest BCUT2D eigenvalue weighted by molar-refractivity contribution is -0.132. The van der Waals surface area contributed by atoms with Crippen LogP contribution >= 0.6 is 0 Å². The average Bonchev–Trinajstić information content (AvgIpc) is 3.27. The van der Waals surface area contributed by atoms with Gasteiger partial charge in [-0.1, -0.05) is 12.1 Å². The monoisotopic (exact) mass is 303 g/mol. The highest BCUT2D eigenvalue weighted by molar-refractivity contribution is 5.76. The Bertz CT molecular complexity index is 607. The molecule has 118 valence electrons. The molecule has 3 heterocycles. The van der Waals surface area contributed by atoms with Crippen LogP contribution in [0.1, 0.15) is 50.4 Å². The predicted molar refractivity (Wildman–Crippen MR) is 78.8 cm³/mol. The second-order valence-corrected chi connectivity index (χ2v) is 5.55. The molecule has 7 heteroatoms. The zero-order valence-corrected chi connectivity index (χ0v) is 12.8. The summed E-state index contributed by atoms with van der Waals surface area (Å²) < 4.78 is 7.16. The van der Waals surface area contributed by atoms with Crippen molar-refractivity contribution in [1.82, 2.24) is 24.6 Å². The maximum Gasteiger partial charge on any atom is 0.226 e.